The van der Waals surface area contributed by atoms with E-state index >= 15 is 0 Å². The summed E-state index contributed by atoms with van der Waals surface area (Å²) in [6.07, 6.45) is 0.775. The summed E-state index contributed by atoms with van der Waals surface area (Å²) in [6, 6.07) is 1.74. The van der Waals surface area contributed by atoms with Crippen LogP contribution in [0.3, 0.4) is 0 Å². The van der Waals surface area contributed by atoms with Gasteiger partial charge in [-0.15, -0.1) is 0 Å². The summed E-state index contributed by atoms with van der Waals surface area (Å²) < 4.78 is 0. The Morgan fingerprint density at radius 1 is 1.46 bits per heavy atom. The Morgan fingerprint density at radius 2 is 2.08 bits per heavy atom. The average Bonchev–Trinajstić information content (AvgIpc) is 2.10. The molecule has 0 aromatic heterocycles. The number of nitrogens with zero attached hydrogens (tertiary/aromatic N) is 2. The normalized spacial score (nSPS) is 13.3. The lowest BCUT2D eigenvalue weighted by Gasteiger charge is -2.22. The molecule has 0 aliphatic heterocycles. The van der Waals surface area contributed by atoms with Crippen LogP contribution in [0.2, 0.25) is 0 Å². The Bertz CT molecular complexity index is 160. The molecule has 13 heavy (non-hydrogen) atoms. The summed E-state index contributed by atoms with van der Waals surface area (Å²) in [5.74, 6) is 0.679. The predicted octanol–water partition coefficient (Wildman–Crippen LogP) is 1.21. The molecule has 1 unspecified atom stereocenters. The van der Waals surface area contributed by atoms with Crippen molar-refractivity contribution in [3.05, 3.63) is 0 Å². The van der Waals surface area contributed by atoms with Crippen LogP contribution in [-0.4, -0.2) is 30.6 Å². The molecule has 3 heteroatoms. The first-order valence-corrected chi connectivity index (χ1v) is 4.97. The summed E-state index contributed by atoms with van der Waals surface area (Å²) >= 11 is 0. The summed E-state index contributed by atoms with van der Waals surface area (Å²) in [4.78, 5) is 2.34. The third-order valence-corrected chi connectivity index (χ3v) is 1.99. The number of hydrogen-bond acceptors (Lipinski definition) is 3. The van der Waals surface area contributed by atoms with E-state index in [0.29, 0.717) is 5.92 Å². The van der Waals surface area contributed by atoms with Crippen LogP contribution >= 0.6 is 0 Å². The maximum Gasteiger partial charge on any atom is 0.0940 e. The van der Waals surface area contributed by atoms with Crippen LogP contribution in [0.5, 0.6) is 0 Å². The van der Waals surface area contributed by atoms with Crippen molar-refractivity contribution < 1.29 is 0 Å². The molecule has 76 valence electrons. The van der Waals surface area contributed by atoms with E-state index < -0.39 is 0 Å². The van der Waals surface area contributed by atoms with Gasteiger partial charge in [0.1, 0.15) is 0 Å². The Kier molecular flexibility index (Phi) is 6.56. The van der Waals surface area contributed by atoms with Crippen LogP contribution in [0.1, 0.15) is 27.2 Å². The van der Waals surface area contributed by atoms with Gasteiger partial charge in [0, 0.05) is 13.1 Å². The highest BCUT2D eigenvalue weighted by atomic mass is 15.1. The minimum absolute atomic E-state index is 0.304. The molecule has 0 heterocycles. The maximum absolute atomic E-state index is 8.51. The third-order valence-electron chi connectivity index (χ3n) is 1.99. The van der Waals surface area contributed by atoms with E-state index in [1.54, 1.807) is 0 Å². The van der Waals surface area contributed by atoms with Crippen molar-refractivity contribution in [2.75, 3.05) is 19.6 Å². The van der Waals surface area contributed by atoms with E-state index in [0.717, 1.165) is 26.1 Å². The fourth-order valence-corrected chi connectivity index (χ4v) is 1.28. The van der Waals surface area contributed by atoms with E-state index in [9.17, 15) is 0 Å². The van der Waals surface area contributed by atoms with Crippen LogP contribution < -0.4 is 5.73 Å². The molecule has 0 aliphatic rings. The molecule has 0 bridgehead atoms. The second kappa shape index (κ2) is 6.88. The van der Waals surface area contributed by atoms with Crippen molar-refractivity contribution in [3.63, 3.8) is 0 Å². The van der Waals surface area contributed by atoms with Gasteiger partial charge in [-0.1, -0.05) is 20.8 Å². The first-order chi connectivity index (χ1) is 6.10. The highest BCUT2D eigenvalue weighted by Crippen LogP contribution is 2.00. The van der Waals surface area contributed by atoms with Crippen LogP contribution in [0.15, 0.2) is 0 Å². The Hall–Kier alpha value is -0.590. The van der Waals surface area contributed by atoms with Crippen molar-refractivity contribution in [2.45, 2.75) is 33.2 Å². The zero-order valence-electron chi connectivity index (χ0n) is 8.95. The molecule has 1 atom stereocenters. The standard InChI is InChI=1S/C10H21N3/c1-4-13(8-9(2)3)6-5-10(12)7-11/h9-10H,4-6,8,12H2,1-3H3. The first-order valence-electron chi connectivity index (χ1n) is 4.97. The molecule has 0 amide bonds. The smallest absolute Gasteiger partial charge is 0.0940 e. The number of rotatable bonds is 6. The number of nitriles is 1. The molecule has 0 saturated heterocycles. The molecule has 0 spiro atoms. The fourth-order valence-electron chi connectivity index (χ4n) is 1.28. The van der Waals surface area contributed by atoms with Crippen LogP contribution in [-0.2, 0) is 0 Å². The van der Waals surface area contributed by atoms with Crippen molar-refractivity contribution in [1.29, 1.82) is 5.26 Å². The molecule has 0 fully saturated rings. The molecule has 0 aliphatic carbocycles. The number of nitrogens with two attached hydrogens (primary N) is 1. The second-order valence-corrected chi connectivity index (χ2v) is 3.81. The Morgan fingerprint density at radius 3 is 2.46 bits per heavy atom. The fraction of sp³-hybridized carbons (Fsp3) is 0.900. The zero-order valence-corrected chi connectivity index (χ0v) is 8.95. The van der Waals surface area contributed by atoms with Gasteiger partial charge in [0.15, 0.2) is 0 Å². The van der Waals surface area contributed by atoms with Gasteiger partial charge in [0.2, 0.25) is 0 Å². The SMILES string of the molecule is CCN(CCC(N)C#N)CC(C)C. The molecule has 0 rings (SSSR count). The minimum Gasteiger partial charge on any atom is -0.316 e. The average molecular weight is 183 g/mol. The lowest BCUT2D eigenvalue weighted by atomic mass is 10.2. The van der Waals surface area contributed by atoms with Gasteiger partial charge < -0.3 is 10.6 Å². The van der Waals surface area contributed by atoms with Gasteiger partial charge in [0.05, 0.1) is 12.1 Å². The second-order valence-electron chi connectivity index (χ2n) is 3.81. The largest absolute Gasteiger partial charge is 0.316 e. The quantitative estimate of drug-likeness (QED) is 0.673. The first kappa shape index (κ1) is 12.4. The number of hydrogen-bond donors (Lipinski definition) is 1. The van der Waals surface area contributed by atoms with E-state index in [4.69, 9.17) is 11.0 Å². The summed E-state index contributed by atoms with van der Waals surface area (Å²) in [6.45, 7) is 9.61. The predicted molar refractivity (Wildman–Crippen MR) is 55.2 cm³/mol. The third kappa shape index (κ3) is 6.56. The highest BCUT2D eigenvalue weighted by molar-refractivity contribution is 4.86. The van der Waals surface area contributed by atoms with E-state index in [1.165, 1.54) is 0 Å². The minimum atomic E-state index is -0.304. The lowest BCUT2D eigenvalue weighted by molar-refractivity contribution is 0.251. The van der Waals surface area contributed by atoms with Gasteiger partial charge in [-0.25, -0.2) is 0 Å². The highest BCUT2D eigenvalue weighted by Gasteiger charge is 2.07. The molecule has 0 aromatic rings. The van der Waals surface area contributed by atoms with Crippen molar-refractivity contribution in [3.8, 4) is 6.07 Å². The van der Waals surface area contributed by atoms with Gasteiger partial charge in [-0.3, -0.25) is 0 Å². The summed E-state index contributed by atoms with van der Waals surface area (Å²) in [7, 11) is 0. The maximum atomic E-state index is 8.51. The zero-order chi connectivity index (χ0) is 10.3. The molecule has 0 aromatic carbocycles. The van der Waals surface area contributed by atoms with Crippen LogP contribution in [0.4, 0.5) is 0 Å². The van der Waals surface area contributed by atoms with Gasteiger partial charge in [-0.2, -0.15) is 5.26 Å². The van der Waals surface area contributed by atoms with E-state index in [-0.39, 0.29) is 6.04 Å². The molecular formula is C10H21N3. The molecule has 0 radical (unpaired) electrons. The Balaban J connectivity index is 3.66. The van der Waals surface area contributed by atoms with Gasteiger partial charge >= 0.3 is 0 Å². The van der Waals surface area contributed by atoms with Crippen LogP contribution in [0, 0.1) is 17.2 Å². The summed E-state index contributed by atoms with van der Waals surface area (Å²) in [5, 5.41) is 8.51. The van der Waals surface area contributed by atoms with Crippen molar-refractivity contribution in [2.24, 2.45) is 11.7 Å². The summed E-state index contributed by atoms with van der Waals surface area (Å²) in [5.41, 5.74) is 5.52. The van der Waals surface area contributed by atoms with Gasteiger partial charge in [-0.05, 0) is 18.9 Å². The topological polar surface area (TPSA) is 53.0 Å². The van der Waals surface area contributed by atoms with Crippen LogP contribution in [0.25, 0.3) is 0 Å². The molecular weight excluding hydrogens is 162 g/mol. The van der Waals surface area contributed by atoms with Crippen molar-refractivity contribution in [1.82, 2.24) is 4.90 Å². The van der Waals surface area contributed by atoms with Gasteiger partial charge in [0.25, 0.3) is 0 Å². The molecule has 3 nitrogen and oxygen atoms in total. The Labute approximate surface area is 81.5 Å². The monoisotopic (exact) mass is 183 g/mol. The molecule has 2 N–H and O–H groups in total. The van der Waals surface area contributed by atoms with Crippen molar-refractivity contribution >= 4 is 0 Å². The van der Waals surface area contributed by atoms with E-state index in [2.05, 4.69) is 25.7 Å². The lowest BCUT2D eigenvalue weighted by Crippen LogP contribution is -2.32. The van der Waals surface area contributed by atoms with E-state index in [1.807, 2.05) is 6.07 Å². The molecule has 0 saturated carbocycles.